The summed E-state index contributed by atoms with van der Waals surface area (Å²) in [5.41, 5.74) is 2.11. The average Bonchev–Trinajstić information content (AvgIpc) is 2.90. The summed E-state index contributed by atoms with van der Waals surface area (Å²) in [6.45, 7) is 0. The number of fused-ring (bicyclic) bond motifs is 1. The van der Waals surface area contributed by atoms with Crippen LogP contribution in [0.15, 0.2) is 60.7 Å². The summed E-state index contributed by atoms with van der Waals surface area (Å²) < 4.78 is 0. The van der Waals surface area contributed by atoms with Crippen molar-refractivity contribution in [1.29, 1.82) is 0 Å². The molecule has 2 aromatic carbocycles. The molecule has 0 spiro atoms. The van der Waals surface area contributed by atoms with E-state index in [1.54, 1.807) is 18.2 Å². The number of aromatic nitrogens is 1. The normalized spacial score (nSPS) is 17.5. The predicted molar refractivity (Wildman–Crippen MR) is 97.5 cm³/mol. The van der Waals surface area contributed by atoms with Crippen molar-refractivity contribution in [2.75, 3.05) is 4.90 Å². The Morgan fingerprint density at radius 3 is 2.60 bits per heavy atom. The maximum absolute atomic E-state index is 12.7. The van der Waals surface area contributed by atoms with Crippen LogP contribution in [-0.4, -0.2) is 16.8 Å². The second-order valence-electron chi connectivity index (χ2n) is 6.12. The fraction of sp³-hybridized carbons (Fsp3) is 0.150. The van der Waals surface area contributed by atoms with Crippen LogP contribution >= 0.6 is 11.6 Å². The number of benzene rings is 2. The molecule has 25 heavy (non-hydrogen) atoms. The summed E-state index contributed by atoms with van der Waals surface area (Å²) in [4.78, 5) is 30.9. The molecule has 4 rings (SSSR count). The zero-order chi connectivity index (χ0) is 17.4. The minimum Gasteiger partial charge on any atom is -0.274 e. The number of halogens is 1. The van der Waals surface area contributed by atoms with Gasteiger partial charge in [-0.2, -0.15) is 0 Å². The van der Waals surface area contributed by atoms with Crippen LogP contribution in [-0.2, 0) is 16.0 Å². The fourth-order valence-corrected chi connectivity index (χ4v) is 3.44. The van der Waals surface area contributed by atoms with Gasteiger partial charge in [0.1, 0.15) is 0 Å². The van der Waals surface area contributed by atoms with E-state index >= 15 is 0 Å². The maximum atomic E-state index is 12.7. The van der Waals surface area contributed by atoms with Gasteiger partial charge in [-0.05, 0) is 24.3 Å². The molecule has 4 nitrogen and oxygen atoms in total. The highest BCUT2D eigenvalue weighted by Gasteiger charge is 2.39. The molecule has 1 saturated heterocycles. The van der Waals surface area contributed by atoms with Gasteiger partial charge in [0.25, 0.3) is 0 Å². The summed E-state index contributed by atoms with van der Waals surface area (Å²) in [6, 6.07) is 18.5. The SMILES string of the molecule is O=C1CC(Cc2ccc3cccc(Cl)c3n2)C(=O)N1c1ccccc1. The highest BCUT2D eigenvalue weighted by Crippen LogP contribution is 2.29. The number of rotatable bonds is 3. The molecule has 0 bridgehead atoms. The van der Waals surface area contributed by atoms with Crippen molar-refractivity contribution in [1.82, 2.24) is 4.98 Å². The molecular weight excluding hydrogens is 336 g/mol. The highest BCUT2D eigenvalue weighted by molar-refractivity contribution is 6.35. The summed E-state index contributed by atoms with van der Waals surface area (Å²) >= 11 is 6.21. The lowest BCUT2D eigenvalue weighted by Gasteiger charge is -2.14. The fourth-order valence-electron chi connectivity index (χ4n) is 3.22. The third-order valence-electron chi connectivity index (χ3n) is 4.44. The smallest absolute Gasteiger partial charge is 0.237 e. The molecule has 2 heterocycles. The number of nitrogens with zero attached hydrogens (tertiary/aromatic N) is 2. The molecule has 1 atom stereocenters. The number of hydrogen-bond donors (Lipinski definition) is 0. The van der Waals surface area contributed by atoms with E-state index in [0.29, 0.717) is 17.1 Å². The zero-order valence-electron chi connectivity index (χ0n) is 13.4. The number of amides is 2. The molecule has 1 aromatic heterocycles. The van der Waals surface area contributed by atoms with Crippen molar-refractivity contribution in [2.24, 2.45) is 5.92 Å². The van der Waals surface area contributed by atoms with Crippen LogP contribution in [0.3, 0.4) is 0 Å². The molecule has 1 aliphatic heterocycles. The van der Waals surface area contributed by atoms with E-state index in [0.717, 1.165) is 16.6 Å². The van der Waals surface area contributed by atoms with E-state index in [4.69, 9.17) is 11.6 Å². The van der Waals surface area contributed by atoms with Crippen molar-refractivity contribution in [2.45, 2.75) is 12.8 Å². The van der Waals surface area contributed by atoms with Crippen LogP contribution < -0.4 is 4.90 Å². The van der Waals surface area contributed by atoms with Crippen LogP contribution in [0.5, 0.6) is 0 Å². The van der Waals surface area contributed by atoms with Crippen LogP contribution in [0.25, 0.3) is 10.9 Å². The standard InChI is InChI=1S/C20H15ClN2O2/c21-17-8-4-5-13-9-10-15(22-19(13)17)11-14-12-18(24)23(20(14)25)16-6-2-1-3-7-16/h1-10,14H,11-12H2. The number of para-hydroxylation sites is 2. The Kier molecular flexibility index (Phi) is 3.98. The van der Waals surface area contributed by atoms with E-state index in [2.05, 4.69) is 4.98 Å². The summed E-state index contributed by atoms with van der Waals surface area (Å²) in [5, 5.41) is 1.54. The number of pyridine rings is 1. The number of anilines is 1. The van der Waals surface area contributed by atoms with Gasteiger partial charge in [-0.15, -0.1) is 0 Å². The Bertz CT molecular complexity index is 972. The van der Waals surface area contributed by atoms with E-state index in [1.165, 1.54) is 4.90 Å². The topological polar surface area (TPSA) is 50.3 Å². The first-order valence-electron chi connectivity index (χ1n) is 8.09. The molecule has 0 saturated carbocycles. The van der Waals surface area contributed by atoms with Gasteiger partial charge >= 0.3 is 0 Å². The van der Waals surface area contributed by atoms with Crippen molar-refractivity contribution >= 4 is 40.0 Å². The van der Waals surface area contributed by atoms with Gasteiger partial charge in [0.05, 0.1) is 22.1 Å². The average molecular weight is 351 g/mol. The second kappa shape index (κ2) is 6.30. The summed E-state index contributed by atoms with van der Waals surface area (Å²) in [6.07, 6.45) is 0.630. The van der Waals surface area contributed by atoms with Gasteiger partial charge in [0.2, 0.25) is 11.8 Å². The molecule has 2 amide bonds. The Balaban J connectivity index is 1.60. The quantitative estimate of drug-likeness (QED) is 0.670. The Morgan fingerprint density at radius 2 is 1.80 bits per heavy atom. The molecule has 0 radical (unpaired) electrons. The van der Waals surface area contributed by atoms with Crippen molar-refractivity contribution in [3.63, 3.8) is 0 Å². The zero-order valence-corrected chi connectivity index (χ0v) is 14.1. The highest BCUT2D eigenvalue weighted by atomic mass is 35.5. The van der Waals surface area contributed by atoms with E-state index < -0.39 is 0 Å². The van der Waals surface area contributed by atoms with Gasteiger partial charge in [0, 0.05) is 23.9 Å². The van der Waals surface area contributed by atoms with E-state index in [1.807, 2.05) is 42.5 Å². The minimum absolute atomic E-state index is 0.167. The maximum Gasteiger partial charge on any atom is 0.237 e. The molecular formula is C20H15ClN2O2. The molecule has 0 aliphatic carbocycles. The van der Waals surface area contributed by atoms with Crippen LogP contribution in [0.1, 0.15) is 12.1 Å². The lowest BCUT2D eigenvalue weighted by Crippen LogP contribution is -2.30. The Labute approximate surface area is 150 Å². The molecule has 124 valence electrons. The van der Waals surface area contributed by atoms with Crippen molar-refractivity contribution in [3.05, 3.63) is 71.4 Å². The molecule has 3 aromatic rings. The number of hydrogen-bond acceptors (Lipinski definition) is 3. The first kappa shape index (κ1) is 15.8. The number of imide groups is 1. The largest absolute Gasteiger partial charge is 0.274 e. The first-order valence-corrected chi connectivity index (χ1v) is 8.47. The molecule has 5 heteroatoms. The van der Waals surface area contributed by atoms with Gasteiger partial charge in [-0.1, -0.05) is 48.0 Å². The van der Waals surface area contributed by atoms with Crippen molar-refractivity contribution in [3.8, 4) is 0 Å². The lowest BCUT2D eigenvalue weighted by atomic mass is 10.0. The number of carbonyl (C=O) groups is 2. The lowest BCUT2D eigenvalue weighted by molar-refractivity contribution is -0.122. The van der Waals surface area contributed by atoms with E-state index in [-0.39, 0.29) is 24.2 Å². The number of carbonyl (C=O) groups excluding carboxylic acids is 2. The molecule has 0 N–H and O–H groups in total. The third kappa shape index (κ3) is 2.89. The van der Waals surface area contributed by atoms with Crippen LogP contribution in [0.4, 0.5) is 5.69 Å². The van der Waals surface area contributed by atoms with Gasteiger partial charge in [-0.25, -0.2) is 0 Å². The Morgan fingerprint density at radius 1 is 1.00 bits per heavy atom. The van der Waals surface area contributed by atoms with Crippen molar-refractivity contribution < 1.29 is 9.59 Å². The van der Waals surface area contributed by atoms with Crippen LogP contribution in [0.2, 0.25) is 5.02 Å². The third-order valence-corrected chi connectivity index (χ3v) is 4.74. The molecule has 1 fully saturated rings. The monoisotopic (exact) mass is 350 g/mol. The molecule has 1 unspecified atom stereocenters. The molecule has 1 aliphatic rings. The first-order chi connectivity index (χ1) is 12.1. The van der Waals surface area contributed by atoms with Gasteiger partial charge < -0.3 is 0 Å². The van der Waals surface area contributed by atoms with Gasteiger partial charge in [0.15, 0.2) is 0 Å². The predicted octanol–water partition coefficient (Wildman–Crippen LogP) is 4.01. The van der Waals surface area contributed by atoms with Crippen LogP contribution in [0, 0.1) is 5.92 Å². The van der Waals surface area contributed by atoms with E-state index in [9.17, 15) is 9.59 Å². The summed E-state index contributed by atoms with van der Waals surface area (Å²) in [7, 11) is 0. The second-order valence-corrected chi connectivity index (χ2v) is 6.53. The van der Waals surface area contributed by atoms with Gasteiger partial charge in [-0.3, -0.25) is 19.5 Å². The minimum atomic E-state index is -0.389. The Hall–Kier alpha value is -2.72. The summed E-state index contributed by atoms with van der Waals surface area (Å²) in [5.74, 6) is -0.725.